The largest absolute Gasteiger partial charge is 0.503 e. The molecule has 5 nitrogen and oxygen atoms in total. The van der Waals surface area contributed by atoms with Crippen molar-refractivity contribution >= 4 is 0 Å². The van der Waals surface area contributed by atoms with Crippen molar-refractivity contribution in [3.8, 4) is 5.75 Å². The van der Waals surface area contributed by atoms with E-state index in [1.54, 1.807) is 0 Å². The molecular formula is C17H30N2O3. The minimum atomic E-state index is -0.343. The van der Waals surface area contributed by atoms with Gasteiger partial charge in [-0.25, -0.2) is 0 Å². The molecule has 1 aromatic heterocycles. The predicted octanol–water partition coefficient (Wildman–Crippen LogP) is 2.43. The van der Waals surface area contributed by atoms with Crippen LogP contribution in [0.3, 0.4) is 0 Å². The average molecular weight is 310 g/mol. The van der Waals surface area contributed by atoms with Crippen molar-refractivity contribution in [3.05, 3.63) is 27.7 Å². The lowest BCUT2D eigenvalue weighted by Gasteiger charge is -2.28. The molecule has 0 saturated carbocycles. The topological polar surface area (TPSA) is 65.7 Å². The summed E-state index contributed by atoms with van der Waals surface area (Å²) in [6, 6.07) is 1.33. The number of hydrogen-bond donors (Lipinski definition) is 2. The molecule has 0 fully saturated rings. The van der Waals surface area contributed by atoms with E-state index in [9.17, 15) is 15.0 Å². The van der Waals surface area contributed by atoms with E-state index in [0.717, 1.165) is 38.0 Å². The maximum Gasteiger partial charge on any atom is 0.223 e. The fraction of sp³-hybridized carbons (Fsp3) is 0.706. The van der Waals surface area contributed by atoms with E-state index in [2.05, 4.69) is 18.7 Å². The van der Waals surface area contributed by atoms with Crippen LogP contribution in [0.1, 0.15) is 57.5 Å². The van der Waals surface area contributed by atoms with Crippen molar-refractivity contribution in [2.75, 3.05) is 19.7 Å². The molecule has 1 atom stereocenters. The number of aliphatic hydroxyl groups excluding tert-OH is 1. The third kappa shape index (κ3) is 4.34. The van der Waals surface area contributed by atoms with E-state index < -0.39 is 0 Å². The van der Waals surface area contributed by atoms with Gasteiger partial charge in [0.05, 0.1) is 18.3 Å². The van der Waals surface area contributed by atoms with Crippen LogP contribution in [0.25, 0.3) is 0 Å². The first-order valence-corrected chi connectivity index (χ1v) is 8.27. The van der Waals surface area contributed by atoms with Crippen molar-refractivity contribution in [1.29, 1.82) is 0 Å². The molecule has 2 N–H and O–H groups in total. The highest BCUT2D eigenvalue weighted by Crippen LogP contribution is 2.23. The van der Waals surface area contributed by atoms with Crippen LogP contribution >= 0.6 is 0 Å². The zero-order chi connectivity index (χ0) is 16.7. The summed E-state index contributed by atoms with van der Waals surface area (Å²) in [6.45, 7) is 10.5. The second-order valence-corrected chi connectivity index (χ2v) is 5.84. The molecule has 1 aromatic rings. The molecule has 0 aliphatic rings. The normalized spacial score (nSPS) is 12.8. The Balaban J connectivity index is 3.32. The molecule has 0 spiro atoms. The van der Waals surface area contributed by atoms with E-state index >= 15 is 0 Å². The Morgan fingerprint density at radius 1 is 1.23 bits per heavy atom. The standard InChI is InChI=1S/C17H30N2O3/c1-5-8-18(9-6-2)11-15-17(22)16(21)10-13(4)19(15)14(7-3)12-20/h10,14,20,22H,5-9,11-12H2,1-4H3. The molecule has 0 bridgehead atoms. The molecule has 0 aliphatic heterocycles. The van der Waals surface area contributed by atoms with Crippen molar-refractivity contribution in [1.82, 2.24) is 9.47 Å². The van der Waals surface area contributed by atoms with Crippen molar-refractivity contribution in [3.63, 3.8) is 0 Å². The van der Waals surface area contributed by atoms with Crippen LogP contribution in [0.15, 0.2) is 10.9 Å². The zero-order valence-corrected chi connectivity index (χ0v) is 14.3. The smallest absolute Gasteiger partial charge is 0.223 e. The summed E-state index contributed by atoms with van der Waals surface area (Å²) < 4.78 is 1.93. The van der Waals surface area contributed by atoms with Crippen LogP contribution in [0, 0.1) is 6.92 Å². The fourth-order valence-electron chi connectivity index (χ4n) is 2.96. The van der Waals surface area contributed by atoms with Gasteiger partial charge in [0.15, 0.2) is 5.75 Å². The van der Waals surface area contributed by atoms with Gasteiger partial charge in [0.1, 0.15) is 0 Å². The predicted molar refractivity (Wildman–Crippen MR) is 89.4 cm³/mol. The van der Waals surface area contributed by atoms with E-state index in [0.29, 0.717) is 12.2 Å². The maximum atomic E-state index is 12.0. The first kappa shape index (κ1) is 18.7. The molecule has 5 heteroatoms. The second-order valence-electron chi connectivity index (χ2n) is 5.84. The Bertz CT molecular complexity index is 515. The van der Waals surface area contributed by atoms with Crippen LogP contribution < -0.4 is 5.43 Å². The van der Waals surface area contributed by atoms with Gasteiger partial charge >= 0.3 is 0 Å². The SMILES string of the molecule is CCCN(CCC)Cc1c(O)c(=O)cc(C)n1C(CC)CO. The van der Waals surface area contributed by atoms with Gasteiger partial charge < -0.3 is 14.8 Å². The molecule has 0 radical (unpaired) electrons. The molecule has 22 heavy (non-hydrogen) atoms. The summed E-state index contributed by atoms with van der Waals surface area (Å²) in [7, 11) is 0. The molecule has 1 heterocycles. The summed E-state index contributed by atoms with van der Waals surface area (Å²) in [5, 5.41) is 19.9. The average Bonchev–Trinajstić information content (AvgIpc) is 2.48. The number of rotatable bonds is 9. The number of aromatic nitrogens is 1. The third-order valence-corrected chi connectivity index (χ3v) is 4.02. The van der Waals surface area contributed by atoms with Gasteiger partial charge in [-0.05, 0) is 39.3 Å². The third-order valence-electron chi connectivity index (χ3n) is 4.02. The van der Waals surface area contributed by atoms with Crippen LogP contribution in [0.5, 0.6) is 5.75 Å². The molecule has 126 valence electrons. The lowest BCUT2D eigenvalue weighted by atomic mass is 10.1. The van der Waals surface area contributed by atoms with Gasteiger partial charge in [0.2, 0.25) is 5.43 Å². The minimum Gasteiger partial charge on any atom is -0.503 e. The minimum absolute atomic E-state index is 0.00575. The number of aryl methyl sites for hydroxylation is 1. The number of aromatic hydroxyl groups is 1. The Morgan fingerprint density at radius 3 is 2.27 bits per heavy atom. The van der Waals surface area contributed by atoms with Gasteiger partial charge in [0, 0.05) is 18.3 Å². The highest BCUT2D eigenvalue weighted by atomic mass is 16.3. The molecular weight excluding hydrogens is 280 g/mol. The van der Waals surface area contributed by atoms with E-state index in [1.807, 2.05) is 18.4 Å². The number of nitrogens with zero attached hydrogens (tertiary/aromatic N) is 2. The molecule has 0 saturated heterocycles. The molecule has 0 aromatic carbocycles. The number of pyridine rings is 1. The molecule has 1 rings (SSSR count). The summed E-state index contributed by atoms with van der Waals surface area (Å²) in [6.07, 6.45) is 2.79. The van der Waals surface area contributed by atoms with Gasteiger partial charge in [-0.3, -0.25) is 9.69 Å². The second kappa shape index (κ2) is 8.96. The first-order valence-electron chi connectivity index (χ1n) is 8.27. The van der Waals surface area contributed by atoms with Crippen molar-refractivity contribution in [2.45, 2.75) is 59.5 Å². The van der Waals surface area contributed by atoms with Gasteiger partial charge in [-0.1, -0.05) is 20.8 Å². The van der Waals surface area contributed by atoms with E-state index in [4.69, 9.17) is 0 Å². The van der Waals surface area contributed by atoms with Gasteiger partial charge in [-0.15, -0.1) is 0 Å². The Hall–Kier alpha value is -1.33. The number of aliphatic hydroxyl groups is 1. The first-order chi connectivity index (χ1) is 10.5. The summed E-state index contributed by atoms with van der Waals surface area (Å²) >= 11 is 0. The van der Waals surface area contributed by atoms with Gasteiger partial charge in [0.25, 0.3) is 0 Å². The monoisotopic (exact) mass is 310 g/mol. The fourth-order valence-corrected chi connectivity index (χ4v) is 2.96. The summed E-state index contributed by atoms with van der Waals surface area (Å²) in [5.41, 5.74) is 1.06. The summed E-state index contributed by atoms with van der Waals surface area (Å²) in [4.78, 5) is 14.2. The molecule has 1 unspecified atom stereocenters. The Labute approximate surface area is 133 Å². The Morgan fingerprint density at radius 2 is 1.82 bits per heavy atom. The maximum absolute atomic E-state index is 12.0. The quantitative estimate of drug-likeness (QED) is 0.735. The molecule has 0 aliphatic carbocycles. The van der Waals surface area contributed by atoms with Crippen LogP contribution in [-0.2, 0) is 6.54 Å². The van der Waals surface area contributed by atoms with Crippen molar-refractivity contribution < 1.29 is 10.2 Å². The van der Waals surface area contributed by atoms with Crippen molar-refractivity contribution in [2.24, 2.45) is 0 Å². The van der Waals surface area contributed by atoms with E-state index in [1.165, 1.54) is 6.07 Å². The van der Waals surface area contributed by atoms with Gasteiger partial charge in [-0.2, -0.15) is 0 Å². The van der Waals surface area contributed by atoms with Crippen LogP contribution in [0.4, 0.5) is 0 Å². The summed E-state index contributed by atoms with van der Waals surface area (Å²) in [5.74, 6) is -0.185. The highest BCUT2D eigenvalue weighted by Gasteiger charge is 2.20. The van der Waals surface area contributed by atoms with Crippen LogP contribution in [-0.4, -0.2) is 39.4 Å². The highest BCUT2D eigenvalue weighted by molar-refractivity contribution is 5.30. The lowest BCUT2D eigenvalue weighted by molar-refractivity contribution is 0.205. The number of hydrogen-bond acceptors (Lipinski definition) is 4. The van der Waals surface area contributed by atoms with E-state index in [-0.39, 0.29) is 23.8 Å². The zero-order valence-electron chi connectivity index (χ0n) is 14.3. The Kier molecular flexibility index (Phi) is 7.62. The molecule has 0 amide bonds. The van der Waals surface area contributed by atoms with Crippen LogP contribution in [0.2, 0.25) is 0 Å². The lowest BCUT2D eigenvalue weighted by Crippen LogP contribution is -2.30.